The largest absolute Gasteiger partial charge is 0.326 e. The maximum atomic E-state index is 4.53. The van der Waals surface area contributed by atoms with Gasteiger partial charge in [0.05, 0.1) is 0 Å². The lowest BCUT2D eigenvalue weighted by atomic mass is 10.0. The first-order valence-electron chi connectivity index (χ1n) is 13.1. The molecule has 1 heterocycles. The maximum Gasteiger partial charge on any atom is 0.200 e. The number of benzene rings is 4. The predicted molar refractivity (Wildman–Crippen MR) is 162 cm³/mol. The molecule has 0 atom stereocenters. The highest BCUT2D eigenvalue weighted by Gasteiger charge is 2.11. The summed E-state index contributed by atoms with van der Waals surface area (Å²) in [5.74, 6) is 1.44. The zero-order chi connectivity index (χ0) is 26.2. The van der Waals surface area contributed by atoms with Crippen LogP contribution in [-0.2, 0) is 25.7 Å². The number of nitrogens with one attached hydrogen (secondary N) is 4. The minimum Gasteiger partial charge on any atom is -0.326 e. The van der Waals surface area contributed by atoms with E-state index < -0.39 is 0 Å². The van der Waals surface area contributed by atoms with Crippen LogP contribution in [0.5, 0.6) is 0 Å². The van der Waals surface area contributed by atoms with Crippen molar-refractivity contribution in [3.63, 3.8) is 0 Å². The first-order valence-corrected chi connectivity index (χ1v) is 13.1. The van der Waals surface area contributed by atoms with E-state index in [1.807, 2.05) is 7.05 Å². The summed E-state index contributed by atoms with van der Waals surface area (Å²) >= 11 is 0. The summed E-state index contributed by atoms with van der Waals surface area (Å²) in [6.45, 7) is 0. The highest BCUT2D eigenvalue weighted by atomic mass is 15.2. The highest BCUT2D eigenvalue weighted by Crippen LogP contribution is 2.24. The molecule has 0 saturated heterocycles. The molecule has 0 amide bonds. The van der Waals surface area contributed by atoms with Crippen LogP contribution < -0.4 is 21.3 Å². The van der Waals surface area contributed by atoms with E-state index in [1.54, 1.807) is 7.05 Å². The first-order chi connectivity index (χ1) is 18.7. The summed E-state index contributed by atoms with van der Waals surface area (Å²) in [5.41, 5.74) is 9.13. The van der Waals surface area contributed by atoms with Crippen LogP contribution in [0.15, 0.2) is 107 Å². The number of aliphatic imine (C=N–C) groups is 2. The number of para-hydroxylation sites is 3. The van der Waals surface area contributed by atoms with Crippen LogP contribution in [-0.4, -0.2) is 26.0 Å². The van der Waals surface area contributed by atoms with Gasteiger partial charge in [0.25, 0.3) is 0 Å². The van der Waals surface area contributed by atoms with Gasteiger partial charge in [-0.3, -0.25) is 9.98 Å². The fourth-order valence-corrected chi connectivity index (χ4v) is 4.74. The van der Waals surface area contributed by atoms with Crippen molar-refractivity contribution in [3.05, 3.63) is 119 Å². The summed E-state index contributed by atoms with van der Waals surface area (Å²) < 4.78 is 0. The fraction of sp³-hybridized carbons (Fsp3) is 0.188. The number of hydrogen-bond donors (Lipinski definition) is 4. The SMILES string of the molecule is CN=C1Nc2cccc(c2)CCc2ccccc2NC(=NC)Nc2ccccc2CCc2ccccc2N1. The van der Waals surface area contributed by atoms with Crippen molar-refractivity contribution in [2.75, 3.05) is 35.4 Å². The summed E-state index contributed by atoms with van der Waals surface area (Å²) in [6, 6.07) is 33.8. The summed E-state index contributed by atoms with van der Waals surface area (Å²) in [4.78, 5) is 9.01. The Morgan fingerprint density at radius 2 is 0.921 bits per heavy atom. The van der Waals surface area contributed by atoms with Gasteiger partial charge in [-0.05, 0) is 78.3 Å². The summed E-state index contributed by atoms with van der Waals surface area (Å²) in [5, 5.41) is 14.1. The smallest absolute Gasteiger partial charge is 0.200 e. The Bertz CT molecular complexity index is 1460. The highest BCUT2D eigenvalue weighted by molar-refractivity contribution is 6.05. The Labute approximate surface area is 225 Å². The lowest BCUT2D eigenvalue weighted by Gasteiger charge is -2.18. The van der Waals surface area contributed by atoms with Crippen LogP contribution in [0.2, 0.25) is 0 Å². The van der Waals surface area contributed by atoms with Crippen molar-refractivity contribution in [3.8, 4) is 0 Å². The van der Waals surface area contributed by atoms with Gasteiger partial charge in [-0.1, -0.05) is 66.7 Å². The maximum absolute atomic E-state index is 4.53. The zero-order valence-corrected chi connectivity index (χ0v) is 22.0. The van der Waals surface area contributed by atoms with Crippen LogP contribution in [0.3, 0.4) is 0 Å². The number of rotatable bonds is 0. The normalized spacial score (nSPS) is 16.2. The molecule has 0 aromatic heterocycles. The Morgan fingerprint density at radius 3 is 1.42 bits per heavy atom. The van der Waals surface area contributed by atoms with E-state index >= 15 is 0 Å². The van der Waals surface area contributed by atoms with Crippen molar-refractivity contribution in [1.29, 1.82) is 0 Å². The molecule has 0 spiro atoms. The Hall–Kier alpha value is -4.58. The van der Waals surface area contributed by atoms with E-state index in [0.717, 1.165) is 54.4 Å². The number of aryl methyl sites for hydroxylation is 4. The summed E-state index contributed by atoms with van der Waals surface area (Å²) in [6.07, 6.45) is 3.57. The van der Waals surface area contributed by atoms with E-state index in [9.17, 15) is 0 Å². The fourth-order valence-electron chi connectivity index (χ4n) is 4.74. The third-order valence-electron chi connectivity index (χ3n) is 6.79. The standard InChI is InChI=1S/C32H34N6/c1-33-31-35-27-14-9-10-23(22-27)18-19-24-11-3-6-15-28(24)37-32(34-2)38-30-17-8-5-13-26(30)21-20-25-12-4-7-16-29(25)36-31/h3-17,22H,18-21H2,1-2H3,(H2,33,35,36)(H2,34,37,38). The Kier molecular flexibility index (Phi) is 7.99. The van der Waals surface area contributed by atoms with Crippen molar-refractivity contribution < 1.29 is 0 Å². The average Bonchev–Trinajstić information content (AvgIpc) is 2.96. The second kappa shape index (κ2) is 12.1. The van der Waals surface area contributed by atoms with Crippen molar-refractivity contribution in [2.24, 2.45) is 9.98 Å². The van der Waals surface area contributed by atoms with E-state index in [2.05, 4.69) is 128 Å². The molecular formula is C32H34N6. The molecule has 4 aromatic carbocycles. The van der Waals surface area contributed by atoms with Gasteiger partial charge in [0.2, 0.25) is 0 Å². The van der Waals surface area contributed by atoms with Crippen LogP contribution in [0.25, 0.3) is 0 Å². The molecule has 1 aliphatic heterocycles. The minimum absolute atomic E-state index is 0.716. The van der Waals surface area contributed by atoms with E-state index in [0.29, 0.717) is 5.96 Å². The van der Waals surface area contributed by atoms with E-state index in [1.165, 1.54) is 22.3 Å². The minimum atomic E-state index is 0.716. The van der Waals surface area contributed by atoms with Gasteiger partial charge in [0, 0.05) is 36.8 Å². The van der Waals surface area contributed by atoms with Crippen LogP contribution in [0, 0.1) is 0 Å². The molecule has 2 bridgehead atoms. The molecule has 192 valence electrons. The van der Waals surface area contributed by atoms with Gasteiger partial charge in [0.1, 0.15) is 0 Å². The number of hydrogen-bond acceptors (Lipinski definition) is 2. The molecule has 0 unspecified atom stereocenters. The monoisotopic (exact) mass is 502 g/mol. The number of fused-ring (bicyclic) bond motifs is 5. The van der Waals surface area contributed by atoms with Gasteiger partial charge >= 0.3 is 0 Å². The molecule has 38 heavy (non-hydrogen) atoms. The number of nitrogens with zero attached hydrogens (tertiary/aromatic N) is 2. The molecule has 4 N–H and O–H groups in total. The van der Waals surface area contributed by atoms with Crippen molar-refractivity contribution in [1.82, 2.24) is 0 Å². The van der Waals surface area contributed by atoms with Gasteiger partial charge < -0.3 is 21.3 Å². The quantitative estimate of drug-likeness (QED) is 0.219. The Balaban J connectivity index is 1.52. The first kappa shape index (κ1) is 25.1. The Morgan fingerprint density at radius 1 is 0.474 bits per heavy atom. The molecule has 5 rings (SSSR count). The third kappa shape index (κ3) is 6.21. The van der Waals surface area contributed by atoms with E-state index in [4.69, 9.17) is 0 Å². The van der Waals surface area contributed by atoms with Crippen molar-refractivity contribution >= 4 is 34.7 Å². The third-order valence-corrected chi connectivity index (χ3v) is 6.79. The van der Waals surface area contributed by atoms with Gasteiger partial charge in [-0.2, -0.15) is 0 Å². The molecule has 0 fully saturated rings. The van der Waals surface area contributed by atoms with E-state index in [-0.39, 0.29) is 0 Å². The van der Waals surface area contributed by atoms with Crippen LogP contribution >= 0.6 is 0 Å². The molecule has 6 heteroatoms. The van der Waals surface area contributed by atoms with Gasteiger partial charge in [-0.25, -0.2) is 0 Å². The van der Waals surface area contributed by atoms with Crippen LogP contribution in [0.1, 0.15) is 22.3 Å². The van der Waals surface area contributed by atoms with Crippen LogP contribution in [0.4, 0.5) is 22.7 Å². The lowest BCUT2D eigenvalue weighted by Crippen LogP contribution is -2.23. The molecule has 4 aromatic rings. The topological polar surface area (TPSA) is 72.8 Å². The molecule has 1 aliphatic rings. The molecular weight excluding hydrogens is 468 g/mol. The predicted octanol–water partition coefficient (Wildman–Crippen LogP) is 6.59. The second-order valence-corrected chi connectivity index (χ2v) is 9.32. The van der Waals surface area contributed by atoms with Gasteiger partial charge in [-0.15, -0.1) is 0 Å². The second-order valence-electron chi connectivity index (χ2n) is 9.32. The molecule has 0 aliphatic carbocycles. The summed E-state index contributed by atoms with van der Waals surface area (Å²) in [7, 11) is 3.61. The molecule has 0 radical (unpaired) electrons. The molecule has 6 nitrogen and oxygen atoms in total. The number of anilines is 4. The molecule has 0 saturated carbocycles. The van der Waals surface area contributed by atoms with Crippen molar-refractivity contribution in [2.45, 2.75) is 25.7 Å². The number of guanidine groups is 2. The average molecular weight is 503 g/mol. The zero-order valence-electron chi connectivity index (χ0n) is 22.0. The van der Waals surface area contributed by atoms with Gasteiger partial charge in [0.15, 0.2) is 11.9 Å². The lowest BCUT2D eigenvalue weighted by molar-refractivity contribution is 0.962.